The van der Waals surface area contributed by atoms with E-state index in [4.69, 9.17) is 4.98 Å². The molecule has 2 heterocycles. The number of alkyl halides is 3. The Morgan fingerprint density at radius 2 is 1.80 bits per heavy atom. The Balaban J connectivity index is 1.41. The Labute approximate surface area is 148 Å². The van der Waals surface area contributed by atoms with Crippen LogP contribution in [0.5, 0.6) is 5.75 Å². The van der Waals surface area contributed by atoms with Gasteiger partial charge < -0.3 is 10.1 Å². The van der Waals surface area contributed by atoms with Gasteiger partial charge in [0.2, 0.25) is 0 Å². The van der Waals surface area contributed by atoms with Crippen molar-refractivity contribution < 1.29 is 17.9 Å². The highest BCUT2D eigenvalue weighted by Crippen LogP contribution is 2.56. The molecular formula is C18H19F3N2OS. The first-order valence-corrected chi connectivity index (χ1v) is 9.33. The van der Waals surface area contributed by atoms with Crippen LogP contribution < -0.4 is 10.1 Å². The molecule has 25 heavy (non-hydrogen) atoms. The van der Waals surface area contributed by atoms with E-state index in [9.17, 15) is 13.2 Å². The highest BCUT2D eigenvalue weighted by atomic mass is 32.1. The van der Waals surface area contributed by atoms with E-state index < -0.39 is 6.36 Å². The van der Waals surface area contributed by atoms with Crippen LogP contribution in [0.4, 0.5) is 13.2 Å². The van der Waals surface area contributed by atoms with E-state index in [-0.39, 0.29) is 5.75 Å². The number of ether oxygens (including phenoxy) is 1. The zero-order valence-electron chi connectivity index (χ0n) is 13.6. The third-order valence-corrected chi connectivity index (χ3v) is 6.29. The molecule has 4 rings (SSSR count). The molecule has 0 atom stereocenters. The largest absolute Gasteiger partial charge is 0.573 e. The predicted octanol–water partition coefficient (Wildman–Crippen LogP) is 4.96. The normalized spacial score (nSPS) is 20.4. The third-order valence-electron chi connectivity index (χ3n) is 5.28. The molecule has 2 fully saturated rings. The number of benzene rings is 1. The molecule has 1 aromatic heterocycles. The summed E-state index contributed by atoms with van der Waals surface area (Å²) in [4.78, 5) is 4.72. The summed E-state index contributed by atoms with van der Waals surface area (Å²) in [5, 5.41) is 6.55. The lowest BCUT2D eigenvalue weighted by Gasteiger charge is -2.49. The number of rotatable bonds is 3. The molecule has 1 N–H and O–H groups in total. The van der Waals surface area contributed by atoms with Crippen molar-refractivity contribution in [2.75, 3.05) is 13.1 Å². The van der Waals surface area contributed by atoms with Gasteiger partial charge in [0.25, 0.3) is 0 Å². The minimum atomic E-state index is -4.66. The summed E-state index contributed by atoms with van der Waals surface area (Å²) in [6, 6.07) is 5.90. The molecule has 1 aromatic carbocycles. The van der Waals surface area contributed by atoms with Crippen LogP contribution in [0.1, 0.15) is 36.6 Å². The molecule has 7 heteroatoms. The van der Waals surface area contributed by atoms with Gasteiger partial charge in [0.15, 0.2) is 0 Å². The monoisotopic (exact) mass is 368 g/mol. The maximum absolute atomic E-state index is 12.2. The molecule has 1 spiro atoms. The Morgan fingerprint density at radius 3 is 2.44 bits per heavy atom. The van der Waals surface area contributed by atoms with Crippen LogP contribution in [-0.2, 0) is 0 Å². The molecule has 1 aliphatic heterocycles. The number of halogens is 3. The number of nitrogens with one attached hydrogen (secondary N) is 1. The van der Waals surface area contributed by atoms with Gasteiger partial charge in [-0.1, -0.05) is 0 Å². The average molecular weight is 368 g/mol. The molecule has 2 aliphatic rings. The van der Waals surface area contributed by atoms with Gasteiger partial charge in [-0.25, -0.2) is 4.98 Å². The summed E-state index contributed by atoms with van der Waals surface area (Å²) in [6.07, 6.45) is 0.259. The number of hydrogen-bond acceptors (Lipinski definition) is 4. The fourth-order valence-electron chi connectivity index (χ4n) is 3.96. The maximum Gasteiger partial charge on any atom is 0.573 e. The Morgan fingerprint density at radius 1 is 1.12 bits per heavy atom. The Kier molecular flexibility index (Phi) is 4.24. The van der Waals surface area contributed by atoms with E-state index >= 15 is 0 Å². The van der Waals surface area contributed by atoms with Gasteiger partial charge in [-0.3, -0.25) is 0 Å². The van der Waals surface area contributed by atoms with Crippen LogP contribution in [0.25, 0.3) is 11.3 Å². The van der Waals surface area contributed by atoms with Crippen molar-refractivity contribution in [1.82, 2.24) is 10.3 Å². The van der Waals surface area contributed by atoms with Crippen molar-refractivity contribution in [3.8, 4) is 17.0 Å². The van der Waals surface area contributed by atoms with Crippen LogP contribution in [0.2, 0.25) is 0 Å². The van der Waals surface area contributed by atoms with Gasteiger partial charge in [-0.2, -0.15) is 0 Å². The summed E-state index contributed by atoms with van der Waals surface area (Å²) < 4.78 is 40.6. The molecule has 0 amide bonds. The predicted molar refractivity (Wildman–Crippen MR) is 90.7 cm³/mol. The topological polar surface area (TPSA) is 34.1 Å². The number of nitrogens with zero attached hydrogens (tertiary/aromatic N) is 1. The molecule has 0 radical (unpaired) electrons. The van der Waals surface area contributed by atoms with E-state index in [1.165, 1.54) is 37.8 Å². The molecule has 1 aliphatic carbocycles. The van der Waals surface area contributed by atoms with E-state index in [0.717, 1.165) is 29.4 Å². The number of aromatic nitrogens is 1. The van der Waals surface area contributed by atoms with Crippen LogP contribution in [0, 0.1) is 5.41 Å². The molecule has 2 aromatic rings. The van der Waals surface area contributed by atoms with Crippen molar-refractivity contribution in [3.05, 3.63) is 34.7 Å². The first-order valence-electron chi connectivity index (χ1n) is 8.45. The summed E-state index contributed by atoms with van der Waals surface area (Å²) in [6.45, 7) is 2.23. The quantitative estimate of drug-likeness (QED) is 0.832. The van der Waals surface area contributed by atoms with Crippen LogP contribution >= 0.6 is 11.3 Å². The van der Waals surface area contributed by atoms with E-state index in [1.807, 2.05) is 5.38 Å². The molecule has 1 saturated heterocycles. The highest BCUT2D eigenvalue weighted by Gasteiger charge is 2.46. The second-order valence-electron chi connectivity index (χ2n) is 7.00. The van der Waals surface area contributed by atoms with Crippen molar-refractivity contribution in [3.63, 3.8) is 0 Å². The van der Waals surface area contributed by atoms with Crippen molar-refractivity contribution in [2.24, 2.45) is 5.41 Å². The fourth-order valence-corrected chi connectivity index (χ4v) is 4.89. The Hall–Kier alpha value is -1.60. The minimum Gasteiger partial charge on any atom is -0.406 e. The molecule has 0 bridgehead atoms. The van der Waals surface area contributed by atoms with Crippen molar-refractivity contribution >= 4 is 11.3 Å². The van der Waals surface area contributed by atoms with Gasteiger partial charge in [-0.15, -0.1) is 24.5 Å². The second-order valence-corrected chi connectivity index (χ2v) is 7.89. The first kappa shape index (κ1) is 16.8. The minimum absolute atomic E-state index is 0.210. The Bertz CT molecular complexity index is 728. The maximum atomic E-state index is 12.2. The average Bonchev–Trinajstić information content (AvgIpc) is 3.02. The van der Waals surface area contributed by atoms with Gasteiger partial charge in [0, 0.05) is 16.9 Å². The van der Waals surface area contributed by atoms with Gasteiger partial charge >= 0.3 is 6.36 Å². The number of hydrogen-bond donors (Lipinski definition) is 1. The number of piperidine rings is 1. The molecule has 134 valence electrons. The lowest BCUT2D eigenvalue weighted by molar-refractivity contribution is -0.274. The summed E-state index contributed by atoms with van der Waals surface area (Å²) in [5.41, 5.74) is 2.15. The van der Waals surface area contributed by atoms with Crippen molar-refractivity contribution in [1.29, 1.82) is 0 Å². The van der Waals surface area contributed by atoms with Crippen LogP contribution in [-0.4, -0.2) is 24.4 Å². The molecular weight excluding hydrogens is 349 g/mol. The lowest BCUT2D eigenvalue weighted by Crippen LogP contribution is -2.44. The molecule has 3 nitrogen and oxygen atoms in total. The summed E-state index contributed by atoms with van der Waals surface area (Å²) in [7, 11) is 0. The fraction of sp³-hybridized carbons (Fsp3) is 0.500. The summed E-state index contributed by atoms with van der Waals surface area (Å²) in [5.74, 6) is 0.322. The van der Waals surface area contributed by atoms with Gasteiger partial charge in [-0.05, 0) is 68.5 Å². The van der Waals surface area contributed by atoms with Crippen molar-refractivity contribution in [2.45, 2.75) is 38.0 Å². The smallest absolute Gasteiger partial charge is 0.406 e. The summed E-state index contributed by atoms with van der Waals surface area (Å²) >= 11 is 1.65. The van der Waals surface area contributed by atoms with E-state index in [0.29, 0.717) is 11.3 Å². The molecule has 1 saturated carbocycles. The SMILES string of the molecule is FC(F)(F)Oc1ccc(-c2csc(C3CC4(CCNCC4)C3)n2)cc1. The number of thiazole rings is 1. The van der Waals surface area contributed by atoms with Crippen LogP contribution in [0.3, 0.4) is 0 Å². The highest BCUT2D eigenvalue weighted by molar-refractivity contribution is 7.10. The first-order chi connectivity index (χ1) is 11.9. The third kappa shape index (κ3) is 3.67. The zero-order chi connectivity index (χ0) is 17.5. The standard InChI is InChI=1S/C18H19F3N2OS/c19-18(20,21)24-14-3-1-12(2-4-14)15-11-25-16(23-15)13-9-17(10-13)5-7-22-8-6-17/h1-4,11,13,22H,5-10H2. The second kappa shape index (κ2) is 6.29. The molecule has 0 unspecified atom stereocenters. The van der Waals surface area contributed by atoms with Gasteiger partial charge in [0.05, 0.1) is 10.7 Å². The van der Waals surface area contributed by atoms with E-state index in [2.05, 4.69) is 10.1 Å². The zero-order valence-corrected chi connectivity index (χ0v) is 14.4. The van der Waals surface area contributed by atoms with E-state index in [1.54, 1.807) is 23.5 Å². The van der Waals surface area contributed by atoms with Gasteiger partial charge in [0.1, 0.15) is 5.75 Å². The van der Waals surface area contributed by atoms with Crippen LogP contribution in [0.15, 0.2) is 29.6 Å². The lowest BCUT2D eigenvalue weighted by atomic mass is 9.58.